The topological polar surface area (TPSA) is 80.7 Å². The van der Waals surface area contributed by atoms with Crippen molar-refractivity contribution in [3.63, 3.8) is 0 Å². The number of ether oxygens (including phenoxy) is 4. The van der Waals surface area contributed by atoms with Crippen LogP contribution in [0.2, 0.25) is 0 Å². The van der Waals surface area contributed by atoms with Crippen LogP contribution >= 0.6 is 0 Å². The number of methoxy groups -OCH3 is 1. The first kappa shape index (κ1) is 21.8. The van der Waals surface area contributed by atoms with Crippen LogP contribution < -0.4 is 14.2 Å². The van der Waals surface area contributed by atoms with Gasteiger partial charge in [0.15, 0.2) is 11.5 Å². The summed E-state index contributed by atoms with van der Waals surface area (Å²) in [6, 6.07) is 11.7. The van der Waals surface area contributed by atoms with Gasteiger partial charge >= 0.3 is 0 Å². The van der Waals surface area contributed by atoms with Crippen molar-refractivity contribution < 1.29 is 28.8 Å². The van der Waals surface area contributed by atoms with E-state index in [0.717, 1.165) is 46.9 Å². The zero-order valence-electron chi connectivity index (χ0n) is 18.7. The first-order valence-corrected chi connectivity index (χ1v) is 11.2. The normalized spacial score (nSPS) is 16.0. The van der Waals surface area contributed by atoms with Crippen LogP contribution in [-0.4, -0.2) is 87.3 Å². The minimum absolute atomic E-state index is 0.0286. The SMILES string of the molecule is COc1ccc2c(C(=O)N3CCN(CCOCCO)CC3)cc3cc4c(cc3c2c1)OCO4. The molecule has 1 saturated heterocycles. The second-order valence-electron chi connectivity index (χ2n) is 8.23. The highest BCUT2D eigenvalue weighted by atomic mass is 16.7. The summed E-state index contributed by atoms with van der Waals surface area (Å²) in [5, 5.41) is 12.6. The van der Waals surface area contributed by atoms with Crippen LogP contribution in [0.3, 0.4) is 0 Å². The summed E-state index contributed by atoms with van der Waals surface area (Å²) in [5.41, 5.74) is 0.679. The summed E-state index contributed by atoms with van der Waals surface area (Å²) in [4.78, 5) is 17.8. The molecule has 0 aliphatic carbocycles. The van der Waals surface area contributed by atoms with Crippen LogP contribution in [0, 0.1) is 0 Å². The highest BCUT2D eigenvalue weighted by molar-refractivity contribution is 6.18. The number of piperazine rings is 1. The molecule has 0 radical (unpaired) electrons. The molecule has 3 aromatic carbocycles. The Morgan fingerprint density at radius 1 is 0.970 bits per heavy atom. The minimum Gasteiger partial charge on any atom is -0.497 e. The molecule has 1 N–H and O–H groups in total. The third-order valence-corrected chi connectivity index (χ3v) is 6.33. The molecule has 0 atom stereocenters. The van der Waals surface area contributed by atoms with Gasteiger partial charge in [-0.1, -0.05) is 0 Å². The van der Waals surface area contributed by atoms with Crippen molar-refractivity contribution in [1.82, 2.24) is 9.80 Å². The maximum atomic E-state index is 13.6. The molecule has 0 unspecified atom stereocenters. The molecule has 0 spiro atoms. The number of fused-ring (bicyclic) bond motifs is 4. The van der Waals surface area contributed by atoms with Gasteiger partial charge in [0.1, 0.15) is 5.75 Å². The van der Waals surface area contributed by atoms with Gasteiger partial charge in [-0.3, -0.25) is 9.69 Å². The maximum Gasteiger partial charge on any atom is 0.254 e. The molecule has 1 fully saturated rings. The first-order valence-electron chi connectivity index (χ1n) is 11.2. The van der Waals surface area contributed by atoms with E-state index < -0.39 is 0 Å². The van der Waals surface area contributed by atoms with Gasteiger partial charge in [-0.25, -0.2) is 0 Å². The molecule has 3 aromatic rings. The van der Waals surface area contributed by atoms with E-state index in [2.05, 4.69) is 4.90 Å². The molecule has 8 nitrogen and oxygen atoms in total. The number of benzene rings is 3. The molecule has 33 heavy (non-hydrogen) atoms. The highest BCUT2D eigenvalue weighted by Gasteiger charge is 2.25. The molecule has 5 rings (SSSR count). The fraction of sp³-hybridized carbons (Fsp3) is 0.400. The van der Waals surface area contributed by atoms with Crippen molar-refractivity contribution in [2.75, 3.05) is 66.4 Å². The lowest BCUT2D eigenvalue weighted by Crippen LogP contribution is -2.49. The van der Waals surface area contributed by atoms with E-state index in [1.165, 1.54) is 0 Å². The molecule has 0 aromatic heterocycles. The summed E-state index contributed by atoms with van der Waals surface area (Å²) in [5.74, 6) is 2.17. The first-order chi connectivity index (χ1) is 16.2. The van der Waals surface area contributed by atoms with Crippen molar-refractivity contribution in [1.29, 1.82) is 0 Å². The van der Waals surface area contributed by atoms with Gasteiger partial charge in [-0.2, -0.15) is 0 Å². The highest BCUT2D eigenvalue weighted by Crippen LogP contribution is 2.40. The zero-order valence-corrected chi connectivity index (χ0v) is 18.7. The summed E-state index contributed by atoms with van der Waals surface area (Å²) in [6.07, 6.45) is 0. The Kier molecular flexibility index (Phi) is 6.22. The maximum absolute atomic E-state index is 13.6. The van der Waals surface area contributed by atoms with E-state index in [9.17, 15) is 4.79 Å². The number of aliphatic hydroxyl groups is 1. The zero-order chi connectivity index (χ0) is 22.8. The molecule has 2 heterocycles. The number of nitrogens with zero attached hydrogens (tertiary/aromatic N) is 2. The van der Waals surface area contributed by atoms with E-state index in [4.69, 9.17) is 24.1 Å². The van der Waals surface area contributed by atoms with E-state index in [1.807, 2.05) is 41.3 Å². The summed E-state index contributed by atoms with van der Waals surface area (Å²) in [7, 11) is 1.64. The standard InChI is InChI=1S/C25H28N2O6/c1-30-18-2-3-19-21(14-18)20-15-24-23(32-16-33-24)13-17(20)12-22(19)25(29)27-6-4-26(5-7-27)8-10-31-11-9-28/h2-3,12-15,28H,4-11,16H2,1H3. The van der Waals surface area contributed by atoms with Crippen LogP contribution in [-0.2, 0) is 4.74 Å². The number of amides is 1. The average Bonchev–Trinajstić information content (AvgIpc) is 3.32. The predicted molar refractivity (Wildman–Crippen MR) is 124 cm³/mol. The number of carbonyl (C=O) groups excluding carboxylic acids is 1. The number of carbonyl (C=O) groups is 1. The van der Waals surface area contributed by atoms with Gasteiger partial charge in [0.2, 0.25) is 6.79 Å². The van der Waals surface area contributed by atoms with E-state index in [1.54, 1.807) is 7.11 Å². The average molecular weight is 453 g/mol. The van der Waals surface area contributed by atoms with E-state index >= 15 is 0 Å². The lowest BCUT2D eigenvalue weighted by atomic mass is 9.95. The third-order valence-electron chi connectivity index (χ3n) is 6.33. The van der Waals surface area contributed by atoms with Gasteiger partial charge in [-0.15, -0.1) is 0 Å². The molecule has 2 aliphatic heterocycles. The number of hydrogen-bond acceptors (Lipinski definition) is 7. The van der Waals surface area contributed by atoms with Crippen LogP contribution in [0.4, 0.5) is 0 Å². The van der Waals surface area contributed by atoms with Crippen molar-refractivity contribution in [3.05, 3.63) is 42.0 Å². The molecule has 174 valence electrons. The Morgan fingerprint density at radius 2 is 1.76 bits per heavy atom. The van der Waals surface area contributed by atoms with Crippen molar-refractivity contribution in [2.45, 2.75) is 0 Å². The van der Waals surface area contributed by atoms with Gasteiger partial charge in [0.05, 0.1) is 26.9 Å². The van der Waals surface area contributed by atoms with Crippen molar-refractivity contribution in [2.24, 2.45) is 0 Å². The van der Waals surface area contributed by atoms with Gasteiger partial charge in [0.25, 0.3) is 5.91 Å². The third kappa shape index (κ3) is 4.29. The molecule has 0 bridgehead atoms. The second kappa shape index (κ2) is 9.43. The Balaban J connectivity index is 1.44. The smallest absolute Gasteiger partial charge is 0.254 e. The minimum atomic E-state index is 0.0286. The largest absolute Gasteiger partial charge is 0.497 e. The van der Waals surface area contributed by atoms with Crippen molar-refractivity contribution in [3.8, 4) is 17.2 Å². The van der Waals surface area contributed by atoms with Crippen LogP contribution in [0.15, 0.2) is 36.4 Å². The Labute approximate surface area is 192 Å². The van der Waals surface area contributed by atoms with E-state index in [0.29, 0.717) is 43.4 Å². The van der Waals surface area contributed by atoms with Crippen LogP contribution in [0.25, 0.3) is 21.5 Å². The molecule has 2 aliphatic rings. The fourth-order valence-corrected chi connectivity index (χ4v) is 4.53. The number of aliphatic hydroxyl groups excluding tert-OH is 1. The number of rotatable bonds is 7. The van der Waals surface area contributed by atoms with Gasteiger partial charge in [0, 0.05) is 38.3 Å². The Bertz CT molecular complexity index is 1170. The Morgan fingerprint density at radius 3 is 2.52 bits per heavy atom. The van der Waals surface area contributed by atoms with E-state index in [-0.39, 0.29) is 19.3 Å². The number of hydrogen-bond donors (Lipinski definition) is 1. The van der Waals surface area contributed by atoms with Gasteiger partial charge in [-0.05, 0) is 57.9 Å². The molecule has 8 heteroatoms. The molecular formula is C25H28N2O6. The summed E-state index contributed by atoms with van der Waals surface area (Å²) >= 11 is 0. The van der Waals surface area contributed by atoms with Crippen LogP contribution in [0.5, 0.6) is 17.2 Å². The lowest BCUT2D eigenvalue weighted by Gasteiger charge is -2.35. The summed E-state index contributed by atoms with van der Waals surface area (Å²) < 4.78 is 22.0. The second-order valence-corrected chi connectivity index (χ2v) is 8.23. The molecule has 0 saturated carbocycles. The predicted octanol–water partition coefficient (Wildman–Crippen LogP) is 2.50. The van der Waals surface area contributed by atoms with Gasteiger partial charge < -0.3 is 29.0 Å². The Hall–Kier alpha value is -3.07. The fourth-order valence-electron chi connectivity index (χ4n) is 4.53. The summed E-state index contributed by atoms with van der Waals surface area (Å²) in [6.45, 7) is 4.90. The molecular weight excluding hydrogens is 424 g/mol. The van der Waals surface area contributed by atoms with Crippen LogP contribution in [0.1, 0.15) is 10.4 Å². The quantitative estimate of drug-likeness (QED) is 0.436. The monoisotopic (exact) mass is 452 g/mol. The van der Waals surface area contributed by atoms with Crippen molar-refractivity contribution >= 4 is 27.5 Å². The lowest BCUT2D eigenvalue weighted by molar-refractivity contribution is 0.0487. The molecule has 1 amide bonds.